The van der Waals surface area contributed by atoms with Crippen LogP contribution in [0.25, 0.3) is 0 Å². The van der Waals surface area contributed by atoms with Crippen molar-refractivity contribution < 1.29 is 18.8 Å². The molecule has 0 spiro atoms. The summed E-state index contributed by atoms with van der Waals surface area (Å²) in [5, 5.41) is 5.50. The van der Waals surface area contributed by atoms with Gasteiger partial charge in [0.1, 0.15) is 5.82 Å². The Morgan fingerprint density at radius 2 is 2.00 bits per heavy atom. The van der Waals surface area contributed by atoms with Crippen molar-refractivity contribution in [2.24, 2.45) is 5.92 Å². The molecule has 0 saturated carbocycles. The molecule has 7 heteroatoms. The molecular weight excluding hydrogens is 361 g/mol. The second kappa shape index (κ2) is 8.21. The first-order chi connectivity index (χ1) is 13.3. The van der Waals surface area contributed by atoms with Gasteiger partial charge in [0.15, 0.2) is 0 Å². The average Bonchev–Trinajstić information content (AvgIpc) is 3.01. The van der Waals surface area contributed by atoms with E-state index in [9.17, 15) is 18.8 Å². The lowest BCUT2D eigenvalue weighted by Crippen LogP contribution is -2.32. The lowest BCUT2D eigenvalue weighted by Gasteiger charge is -2.18. The molecule has 0 aromatic heterocycles. The number of hydrogen-bond donors (Lipinski definition) is 2. The van der Waals surface area contributed by atoms with Crippen LogP contribution in [0.1, 0.15) is 24.5 Å². The van der Waals surface area contributed by atoms with Crippen molar-refractivity contribution in [2.45, 2.75) is 26.8 Å². The van der Waals surface area contributed by atoms with Crippen LogP contribution in [0.4, 0.5) is 15.8 Å². The Bertz CT molecular complexity index is 929. The molecule has 0 bridgehead atoms. The van der Waals surface area contributed by atoms with Gasteiger partial charge in [-0.25, -0.2) is 4.39 Å². The smallest absolute Gasteiger partial charge is 0.227 e. The Hall–Kier alpha value is -3.22. The highest BCUT2D eigenvalue weighted by Crippen LogP contribution is 2.28. The van der Waals surface area contributed by atoms with Crippen LogP contribution in [0.2, 0.25) is 0 Å². The van der Waals surface area contributed by atoms with Gasteiger partial charge in [-0.05, 0) is 42.3 Å². The summed E-state index contributed by atoms with van der Waals surface area (Å²) >= 11 is 0. The van der Waals surface area contributed by atoms with Crippen molar-refractivity contribution in [1.29, 1.82) is 0 Å². The maximum absolute atomic E-state index is 14.2. The minimum atomic E-state index is -0.535. The van der Waals surface area contributed by atoms with Gasteiger partial charge in [0, 0.05) is 32.1 Å². The van der Waals surface area contributed by atoms with Crippen LogP contribution < -0.4 is 15.5 Å². The number of carbonyl (C=O) groups is 3. The number of anilines is 2. The highest BCUT2D eigenvalue weighted by molar-refractivity contribution is 6.00. The summed E-state index contributed by atoms with van der Waals surface area (Å²) in [5.74, 6) is -1.70. The molecule has 3 amide bonds. The minimum absolute atomic E-state index is 0.0467. The van der Waals surface area contributed by atoms with Crippen molar-refractivity contribution in [2.75, 3.05) is 16.8 Å². The first-order valence-electron chi connectivity index (χ1n) is 9.04. The van der Waals surface area contributed by atoms with Gasteiger partial charge in [0.05, 0.1) is 11.6 Å². The molecule has 3 rings (SSSR count). The topological polar surface area (TPSA) is 78.5 Å². The molecule has 1 heterocycles. The summed E-state index contributed by atoms with van der Waals surface area (Å²) in [6.07, 6.45) is 0.0467. The van der Waals surface area contributed by atoms with E-state index in [4.69, 9.17) is 0 Å². The van der Waals surface area contributed by atoms with E-state index in [-0.39, 0.29) is 42.9 Å². The number of aryl methyl sites for hydroxylation is 1. The molecule has 1 saturated heterocycles. The van der Waals surface area contributed by atoms with E-state index in [2.05, 4.69) is 10.6 Å². The fraction of sp³-hybridized carbons (Fsp3) is 0.286. The number of hydrogen-bond acceptors (Lipinski definition) is 3. The van der Waals surface area contributed by atoms with Gasteiger partial charge >= 0.3 is 0 Å². The number of nitrogens with one attached hydrogen (secondary N) is 2. The predicted octanol–water partition coefficient (Wildman–Crippen LogP) is 2.76. The number of rotatable bonds is 5. The molecule has 28 heavy (non-hydrogen) atoms. The molecular formula is C21H22FN3O3. The molecule has 0 aliphatic carbocycles. The van der Waals surface area contributed by atoms with Crippen molar-refractivity contribution in [3.8, 4) is 0 Å². The van der Waals surface area contributed by atoms with Crippen LogP contribution >= 0.6 is 0 Å². The third-order valence-corrected chi connectivity index (χ3v) is 4.60. The monoisotopic (exact) mass is 383 g/mol. The van der Waals surface area contributed by atoms with E-state index in [1.807, 2.05) is 6.07 Å². The summed E-state index contributed by atoms with van der Waals surface area (Å²) < 4.78 is 14.2. The van der Waals surface area contributed by atoms with Crippen molar-refractivity contribution in [3.63, 3.8) is 0 Å². The lowest BCUT2D eigenvalue weighted by atomic mass is 10.1. The number of nitrogens with zero attached hydrogens (tertiary/aromatic N) is 1. The number of benzene rings is 2. The van der Waals surface area contributed by atoms with Crippen LogP contribution in [0.5, 0.6) is 0 Å². The first-order valence-corrected chi connectivity index (χ1v) is 9.04. The fourth-order valence-electron chi connectivity index (χ4n) is 3.24. The van der Waals surface area contributed by atoms with Crippen LogP contribution in [0, 0.1) is 18.7 Å². The molecule has 1 aliphatic heterocycles. The molecule has 1 unspecified atom stereocenters. The minimum Gasteiger partial charge on any atom is -0.352 e. The van der Waals surface area contributed by atoms with Crippen molar-refractivity contribution in [1.82, 2.24) is 5.32 Å². The summed E-state index contributed by atoms with van der Waals surface area (Å²) in [7, 11) is 0. The zero-order valence-corrected chi connectivity index (χ0v) is 15.8. The Balaban J connectivity index is 1.61. The third kappa shape index (κ3) is 4.54. The largest absolute Gasteiger partial charge is 0.352 e. The molecule has 1 aliphatic rings. The Labute approximate surface area is 162 Å². The van der Waals surface area contributed by atoms with Gasteiger partial charge in [-0.1, -0.05) is 18.2 Å². The third-order valence-electron chi connectivity index (χ3n) is 4.60. The van der Waals surface area contributed by atoms with E-state index >= 15 is 0 Å². The highest BCUT2D eigenvalue weighted by Gasteiger charge is 2.36. The molecule has 0 radical (unpaired) electrons. The van der Waals surface area contributed by atoms with Gasteiger partial charge in [-0.3, -0.25) is 14.4 Å². The van der Waals surface area contributed by atoms with E-state index < -0.39 is 11.7 Å². The van der Waals surface area contributed by atoms with E-state index in [0.29, 0.717) is 5.69 Å². The second-order valence-electron chi connectivity index (χ2n) is 6.96. The Morgan fingerprint density at radius 3 is 2.71 bits per heavy atom. The summed E-state index contributed by atoms with van der Waals surface area (Å²) in [6, 6.07) is 11.8. The standard InChI is InChI=1S/C21H22FN3O3/c1-13-6-7-19(18(22)8-13)25-12-16(10-20(25)27)21(28)23-11-15-4-3-5-17(9-15)24-14(2)26/h3-9,16H,10-12H2,1-2H3,(H,23,28)(H,24,26). The SMILES string of the molecule is CC(=O)Nc1cccc(CNC(=O)C2CC(=O)N(c3ccc(C)cc3F)C2)c1. The van der Waals surface area contributed by atoms with Crippen molar-refractivity contribution in [3.05, 3.63) is 59.4 Å². The lowest BCUT2D eigenvalue weighted by molar-refractivity contribution is -0.126. The van der Waals surface area contributed by atoms with E-state index in [1.54, 1.807) is 37.3 Å². The van der Waals surface area contributed by atoms with Gasteiger partial charge in [-0.15, -0.1) is 0 Å². The number of carbonyl (C=O) groups excluding carboxylic acids is 3. The zero-order valence-electron chi connectivity index (χ0n) is 15.8. The van der Waals surface area contributed by atoms with Gasteiger partial charge in [0.25, 0.3) is 0 Å². The maximum atomic E-state index is 14.2. The Kier molecular flexibility index (Phi) is 5.73. The van der Waals surface area contributed by atoms with Crippen LogP contribution in [-0.2, 0) is 20.9 Å². The molecule has 2 aromatic rings. The maximum Gasteiger partial charge on any atom is 0.227 e. The Morgan fingerprint density at radius 1 is 1.21 bits per heavy atom. The van der Waals surface area contributed by atoms with Gasteiger partial charge < -0.3 is 15.5 Å². The molecule has 2 aromatic carbocycles. The van der Waals surface area contributed by atoms with Crippen molar-refractivity contribution >= 4 is 29.1 Å². The highest BCUT2D eigenvalue weighted by atomic mass is 19.1. The van der Waals surface area contributed by atoms with Gasteiger partial charge in [0.2, 0.25) is 17.7 Å². The predicted molar refractivity (Wildman–Crippen MR) is 104 cm³/mol. The quantitative estimate of drug-likeness (QED) is 0.833. The molecule has 2 N–H and O–H groups in total. The van der Waals surface area contributed by atoms with Crippen LogP contribution in [0.15, 0.2) is 42.5 Å². The second-order valence-corrected chi connectivity index (χ2v) is 6.96. The number of amides is 3. The normalized spacial score (nSPS) is 16.2. The molecule has 6 nitrogen and oxygen atoms in total. The van der Waals surface area contributed by atoms with Crippen LogP contribution in [-0.4, -0.2) is 24.3 Å². The van der Waals surface area contributed by atoms with E-state index in [1.165, 1.54) is 17.9 Å². The van der Waals surface area contributed by atoms with E-state index in [0.717, 1.165) is 11.1 Å². The molecule has 146 valence electrons. The fourth-order valence-corrected chi connectivity index (χ4v) is 3.24. The summed E-state index contributed by atoms with van der Waals surface area (Å²) in [5.41, 5.74) is 2.44. The number of halogens is 1. The molecule has 1 atom stereocenters. The van der Waals surface area contributed by atoms with Crippen LogP contribution in [0.3, 0.4) is 0 Å². The summed E-state index contributed by atoms with van der Waals surface area (Å²) in [4.78, 5) is 37.2. The van der Waals surface area contributed by atoms with Gasteiger partial charge in [-0.2, -0.15) is 0 Å². The average molecular weight is 383 g/mol. The zero-order chi connectivity index (χ0) is 20.3. The first kappa shape index (κ1) is 19.5. The summed E-state index contributed by atoms with van der Waals surface area (Å²) in [6.45, 7) is 3.62. The molecule has 1 fully saturated rings.